The van der Waals surface area contributed by atoms with Crippen LogP contribution in [0.3, 0.4) is 0 Å². The number of benzene rings is 1. The number of hydrogen-bond donors (Lipinski definition) is 3. The predicted octanol–water partition coefficient (Wildman–Crippen LogP) is 1.35. The van der Waals surface area contributed by atoms with Gasteiger partial charge in [-0.25, -0.2) is 0 Å². The number of carbonyl (C=O) groups excluding carboxylic acids is 2. The van der Waals surface area contributed by atoms with Crippen molar-refractivity contribution in [2.75, 3.05) is 44.4 Å². The molecule has 0 bridgehead atoms. The fourth-order valence-electron chi connectivity index (χ4n) is 2.37. The molecule has 1 aromatic rings. The third kappa shape index (κ3) is 7.58. The van der Waals surface area contributed by atoms with E-state index in [-0.39, 0.29) is 48.8 Å². The Balaban J connectivity index is 0.00000288. The lowest BCUT2D eigenvalue weighted by molar-refractivity contribution is -0.123. The molecule has 1 saturated heterocycles. The maximum absolute atomic E-state index is 12.2. The first-order chi connectivity index (χ1) is 11.0. The standard InChI is InChI=1S/C16H24N4O3.2ClH/c1-11-15(17-8-9-23-11)16(22)19-13-6-4-12(5-7-13)18-14(21)10-20(2)3;;/h4-7,11,15,17H,8-10H2,1-3H3,(H,18,21)(H,19,22);2*1H/t11-,15+;;/m1../s1. The molecular weight excluding hydrogens is 367 g/mol. The van der Waals surface area contributed by atoms with Gasteiger partial charge in [0.15, 0.2) is 0 Å². The van der Waals surface area contributed by atoms with Gasteiger partial charge in [0.05, 0.1) is 19.3 Å². The lowest BCUT2D eigenvalue weighted by atomic mass is 10.1. The minimum atomic E-state index is -0.358. The van der Waals surface area contributed by atoms with Gasteiger partial charge in [0, 0.05) is 17.9 Å². The number of hydrogen-bond acceptors (Lipinski definition) is 5. The highest BCUT2D eigenvalue weighted by molar-refractivity contribution is 5.96. The first kappa shape index (κ1) is 23.6. The SMILES string of the molecule is C[C@H]1OCCN[C@@H]1C(=O)Nc1ccc(NC(=O)CN(C)C)cc1.Cl.Cl. The first-order valence-corrected chi connectivity index (χ1v) is 7.66. The minimum absolute atomic E-state index is 0. The largest absolute Gasteiger partial charge is 0.375 e. The second-order valence-corrected chi connectivity index (χ2v) is 5.86. The van der Waals surface area contributed by atoms with Crippen molar-refractivity contribution in [2.45, 2.75) is 19.1 Å². The lowest BCUT2D eigenvalue weighted by Crippen LogP contribution is -2.53. The van der Waals surface area contributed by atoms with E-state index >= 15 is 0 Å². The number of nitrogens with zero attached hydrogens (tertiary/aromatic N) is 1. The molecule has 1 aliphatic heterocycles. The highest BCUT2D eigenvalue weighted by atomic mass is 35.5. The Morgan fingerprint density at radius 1 is 1.16 bits per heavy atom. The average molecular weight is 393 g/mol. The van der Waals surface area contributed by atoms with Crippen molar-refractivity contribution in [1.82, 2.24) is 10.2 Å². The van der Waals surface area contributed by atoms with Crippen LogP contribution in [0.5, 0.6) is 0 Å². The van der Waals surface area contributed by atoms with Crippen LogP contribution in [0.1, 0.15) is 6.92 Å². The summed E-state index contributed by atoms with van der Waals surface area (Å²) in [4.78, 5) is 25.7. The van der Waals surface area contributed by atoms with Crippen LogP contribution in [0.25, 0.3) is 0 Å². The minimum Gasteiger partial charge on any atom is -0.375 e. The molecule has 1 aromatic carbocycles. The van der Waals surface area contributed by atoms with E-state index in [1.807, 2.05) is 21.0 Å². The van der Waals surface area contributed by atoms with E-state index in [4.69, 9.17) is 4.74 Å². The lowest BCUT2D eigenvalue weighted by Gasteiger charge is -2.29. The summed E-state index contributed by atoms with van der Waals surface area (Å²) in [6, 6.07) is 6.69. The Hall–Kier alpha value is -1.38. The Kier molecular flexibility index (Phi) is 10.7. The molecule has 9 heteroatoms. The zero-order valence-corrected chi connectivity index (χ0v) is 16.2. The fraction of sp³-hybridized carbons (Fsp3) is 0.500. The van der Waals surface area contributed by atoms with Crippen LogP contribution in [0.2, 0.25) is 0 Å². The summed E-state index contributed by atoms with van der Waals surface area (Å²) in [5.74, 6) is -0.203. The van der Waals surface area contributed by atoms with Gasteiger partial charge in [-0.3, -0.25) is 9.59 Å². The Morgan fingerprint density at radius 2 is 1.72 bits per heavy atom. The summed E-state index contributed by atoms with van der Waals surface area (Å²) in [6.07, 6.45) is -0.159. The predicted molar refractivity (Wildman–Crippen MR) is 104 cm³/mol. The number of likely N-dealkylation sites (N-methyl/N-ethyl adjacent to an activating group) is 1. The van der Waals surface area contributed by atoms with Crippen molar-refractivity contribution in [3.8, 4) is 0 Å². The number of anilines is 2. The van der Waals surface area contributed by atoms with Crippen LogP contribution in [0.4, 0.5) is 11.4 Å². The molecular formula is C16H26Cl2N4O3. The molecule has 2 amide bonds. The number of carbonyl (C=O) groups is 2. The molecule has 1 aliphatic rings. The molecule has 1 heterocycles. The summed E-state index contributed by atoms with van der Waals surface area (Å²) in [5.41, 5.74) is 1.38. The highest BCUT2D eigenvalue weighted by Crippen LogP contribution is 2.15. The quantitative estimate of drug-likeness (QED) is 0.704. The molecule has 142 valence electrons. The van der Waals surface area contributed by atoms with Crippen molar-refractivity contribution in [2.24, 2.45) is 0 Å². The highest BCUT2D eigenvalue weighted by Gasteiger charge is 2.28. The summed E-state index contributed by atoms with van der Waals surface area (Å²) in [5, 5.41) is 8.80. The van der Waals surface area contributed by atoms with Crippen LogP contribution >= 0.6 is 24.8 Å². The molecule has 3 N–H and O–H groups in total. The van der Waals surface area contributed by atoms with Crippen LogP contribution < -0.4 is 16.0 Å². The smallest absolute Gasteiger partial charge is 0.244 e. The van der Waals surface area contributed by atoms with Gasteiger partial charge in [0.1, 0.15) is 6.04 Å². The topological polar surface area (TPSA) is 82.7 Å². The maximum atomic E-state index is 12.2. The van der Waals surface area contributed by atoms with Crippen molar-refractivity contribution >= 4 is 48.0 Å². The monoisotopic (exact) mass is 392 g/mol. The van der Waals surface area contributed by atoms with Gasteiger partial charge < -0.3 is 25.6 Å². The summed E-state index contributed by atoms with van der Waals surface area (Å²) in [6.45, 7) is 3.48. The van der Waals surface area contributed by atoms with E-state index in [0.717, 1.165) is 0 Å². The second-order valence-electron chi connectivity index (χ2n) is 5.86. The molecule has 0 saturated carbocycles. The second kappa shape index (κ2) is 11.3. The van der Waals surface area contributed by atoms with Crippen LogP contribution in [0, 0.1) is 0 Å². The van der Waals surface area contributed by atoms with Gasteiger partial charge in [-0.05, 0) is 45.3 Å². The van der Waals surface area contributed by atoms with Crippen LogP contribution in [-0.4, -0.2) is 62.7 Å². The molecule has 0 unspecified atom stereocenters. The van der Waals surface area contributed by atoms with Crippen molar-refractivity contribution in [3.63, 3.8) is 0 Å². The number of morpholine rings is 1. The summed E-state index contributed by atoms with van der Waals surface area (Å²) < 4.78 is 5.47. The van der Waals surface area contributed by atoms with Gasteiger partial charge in [-0.15, -0.1) is 24.8 Å². The number of nitrogens with one attached hydrogen (secondary N) is 3. The molecule has 2 atom stereocenters. The fourth-order valence-corrected chi connectivity index (χ4v) is 2.37. The molecule has 2 rings (SSSR count). The third-order valence-corrected chi connectivity index (χ3v) is 3.49. The zero-order valence-electron chi connectivity index (χ0n) is 14.6. The molecule has 0 radical (unpaired) electrons. The Morgan fingerprint density at radius 3 is 2.24 bits per heavy atom. The molecule has 1 fully saturated rings. The zero-order chi connectivity index (χ0) is 16.8. The number of halogens is 2. The third-order valence-electron chi connectivity index (χ3n) is 3.49. The number of rotatable bonds is 5. The van der Waals surface area contributed by atoms with Gasteiger partial charge in [0.25, 0.3) is 0 Å². The Labute approximate surface area is 160 Å². The van der Waals surface area contributed by atoms with Gasteiger partial charge in [0.2, 0.25) is 11.8 Å². The average Bonchev–Trinajstić information content (AvgIpc) is 2.48. The van der Waals surface area contributed by atoms with Crippen LogP contribution in [0.15, 0.2) is 24.3 Å². The summed E-state index contributed by atoms with van der Waals surface area (Å²) >= 11 is 0. The van der Waals surface area contributed by atoms with E-state index in [0.29, 0.717) is 31.1 Å². The van der Waals surface area contributed by atoms with E-state index in [2.05, 4.69) is 16.0 Å². The number of ether oxygens (including phenoxy) is 1. The molecule has 0 spiro atoms. The van der Waals surface area contributed by atoms with E-state index in [1.54, 1.807) is 29.2 Å². The molecule has 0 aliphatic carbocycles. The molecule has 0 aromatic heterocycles. The molecule has 7 nitrogen and oxygen atoms in total. The Bertz CT molecular complexity index is 555. The van der Waals surface area contributed by atoms with Gasteiger partial charge in [-0.2, -0.15) is 0 Å². The normalized spacial score (nSPS) is 19.4. The molecule has 25 heavy (non-hydrogen) atoms. The van der Waals surface area contributed by atoms with Crippen molar-refractivity contribution in [1.29, 1.82) is 0 Å². The van der Waals surface area contributed by atoms with Gasteiger partial charge in [-0.1, -0.05) is 0 Å². The maximum Gasteiger partial charge on any atom is 0.244 e. The van der Waals surface area contributed by atoms with E-state index in [9.17, 15) is 9.59 Å². The van der Waals surface area contributed by atoms with Crippen LogP contribution in [-0.2, 0) is 14.3 Å². The summed E-state index contributed by atoms with van der Waals surface area (Å²) in [7, 11) is 3.67. The first-order valence-electron chi connectivity index (χ1n) is 7.66. The number of amides is 2. The van der Waals surface area contributed by atoms with E-state index in [1.165, 1.54) is 0 Å². The van der Waals surface area contributed by atoms with Gasteiger partial charge >= 0.3 is 0 Å². The van der Waals surface area contributed by atoms with Crippen molar-refractivity contribution < 1.29 is 14.3 Å². The van der Waals surface area contributed by atoms with Crippen molar-refractivity contribution in [3.05, 3.63) is 24.3 Å². The van der Waals surface area contributed by atoms with E-state index < -0.39 is 0 Å².